The summed E-state index contributed by atoms with van der Waals surface area (Å²) in [7, 11) is 0. The van der Waals surface area contributed by atoms with Crippen LogP contribution in [0.1, 0.15) is 37.0 Å². The number of carbonyl (C=O) groups excluding carboxylic acids is 1. The van der Waals surface area contributed by atoms with Gasteiger partial charge in [-0.25, -0.2) is 0 Å². The topological polar surface area (TPSA) is 66.8 Å². The van der Waals surface area contributed by atoms with Crippen molar-refractivity contribution in [1.82, 2.24) is 4.90 Å². The summed E-state index contributed by atoms with van der Waals surface area (Å²) in [6.45, 7) is 3.09. The number of amides is 1. The normalized spacial score (nSPS) is 28.0. The zero-order valence-electron chi connectivity index (χ0n) is 12.7. The molecule has 1 saturated heterocycles. The SMILES string of the molecule is CC1(C(=O)O)CCCN(C(=O)C2OCCc3ccccc32)C1. The van der Waals surface area contributed by atoms with E-state index in [1.54, 1.807) is 11.8 Å². The molecule has 22 heavy (non-hydrogen) atoms. The maximum atomic E-state index is 12.8. The maximum Gasteiger partial charge on any atom is 0.311 e. The molecule has 2 atom stereocenters. The molecule has 0 saturated carbocycles. The van der Waals surface area contributed by atoms with Gasteiger partial charge in [0.25, 0.3) is 5.91 Å². The Morgan fingerprint density at radius 1 is 1.36 bits per heavy atom. The predicted molar refractivity (Wildman–Crippen MR) is 80.4 cm³/mol. The number of benzene rings is 1. The first-order valence-corrected chi connectivity index (χ1v) is 7.73. The molecule has 0 aromatic heterocycles. The second-order valence-corrected chi connectivity index (χ2v) is 6.43. The van der Waals surface area contributed by atoms with Gasteiger partial charge in [0.1, 0.15) is 0 Å². The number of rotatable bonds is 2. The Kier molecular flexibility index (Phi) is 3.91. The molecule has 5 nitrogen and oxygen atoms in total. The van der Waals surface area contributed by atoms with Crippen LogP contribution in [0.15, 0.2) is 24.3 Å². The van der Waals surface area contributed by atoms with Crippen LogP contribution in [0.25, 0.3) is 0 Å². The van der Waals surface area contributed by atoms with E-state index >= 15 is 0 Å². The summed E-state index contributed by atoms with van der Waals surface area (Å²) in [5, 5.41) is 9.40. The lowest BCUT2D eigenvalue weighted by Crippen LogP contribution is -2.50. The molecule has 2 heterocycles. The molecule has 0 spiro atoms. The van der Waals surface area contributed by atoms with Crippen molar-refractivity contribution in [3.8, 4) is 0 Å². The lowest BCUT2D eigenvalue weighted by atomic mass is 9.81. The summed E-state index contributed by atoms with van der Waals surface area (Å²) in [5.74, 6) is -0.950. The van der Waals surface area contributed by atoms with Gasteiger partial charge in [0.15, 0.2) is 6.10 Å². The van der Waals surface area contributed by atoms with Crippen LogP contribution in [0.4, 0.5) is 0 Å². The number of hydrogen-bond acceptors (Lipinski definition) is 3. The number of hydrogen-bond donors (Lipinski definition) is 1. The van der Waals surface area contributed by atoms with Crippen LogP contribution >= 0.6 is 0 Å². The fourth-order valence-electron chi connectivity index (χ4n) is 3.37. The number of carboxylic acids is 1. The zero-order valence-corrected chi connectivity index (χ0v) is 12.7. The lowest BCUT2D eigenvalue weighted by Gasteiger charge is -2.39. The van der Waals surface area contributed by atoms with Crippen LogP contribution in [-0.2, 0) is 20.7 Å². The molecule has 1 fully saturated rings. The Morgan fingerprint density at radius 3 is 2.91 bits per heavy atom. The molecular formula is C17H21NO4. The number of nitrogens with zero attached hydrogens (tertiary/aromatic N) is 1. The molecule has 1 aromatic rings. The first-order chi connectivity index (χ1) is 10.5. The predicted octanol–water partition coefficient (Wildman–Crippen LogP) is 2.01. The van der Waals surface area contributed by atoms with Crippen molar-refractivity contribution < 1.29 is 19.4 Å². The van der Waals surface area contributed by atoms with E-state index in [0.29, 0.717) is 26.0 Å². The molecular weight excluding hydrogens is 282 g/mol. The van der Waals surface area contributed by atoms with Crippen molar-refractivity contribution in [3.63, 3.8) is 0 Å². The summed E-state index contributed by atoms with van der Waals surface area (Å²) in [6, 6.07) is 7.83. The monoisotopic (exact) mass is 303 g/mol. The van der Waals surface area contributed by atoms with E-state index in [0.717, 1.165) is 17.5 Å². The quantitative estimate of drug-likeness (QED) is 0.907. The van der Waals surface area contributed by atoms with Crippen LogP contribution in [0.5, 0.6) is 0 Å². The van der Waals surface area contributed by atoms with Gasteiger partial charge in [0.05, 0.1) is 12.0 Å². The summed E-state index contributed by atoms with van der Waals surface area (Å²) in [5.41, 5.74) is 1.20. The van der Waals surface area contributed by atoms with Crippen molar-refractivity contribution >= 4 is 11.9 Å². The third-order valence-electron chi connectivity index (χ3n) is 4.74. The van der Waals surface area contributed by atoms with Crippen molar-refractivity contribution in [3.05, 3.63) is 35.4 Å². The van der Waals surface area contributed by atoms with Gasteiger partial charge < -0.3 is 14.7 Å². The third-order valence-corrected chi connectivity index (χ3v) is 4.74. The Hall–Kier alpha value is -1.88. The van der Waals surface area contributed by atoms with Crippen LogP contribution in [0.3, 0.4) is 0 Å². The molecule has 2 aliphatic heterocycles. The number of carboxylic acid groups (broad SMARTS) is 1. The highest BCUT2D eigenvalue weighted by Crippen LogP contribution is 2.34. The van der Waals surface area contributed by atoms with E-state index in [9.17, 15) is 14.7 Å². The molecule has 0 aliphatic carbocycles. The minimum absolute atomic E-state index is 0.112. The van der Waals surface area contributed by atoms with E-state index < -0.39 is 17.5 Å². The van der Waals surface area contributed by atoms with E-state index in [4.69, 9.17) is 4.74 Å². The molecule has 2 aliphatic rings. The third kappa shape index (κ3) is 2.61. The van der Waals surface area contributed by atoms with Gasteiger partial charge in [0.2, 0.25) is 0 Å². The maximum absolute atomic E-state index is 12.8. The summed E-state index contributed by atoms with van der Waals surface area (Å²) in [4.78, 5) is 25.9. The highest BCUT2D eigenvalue weighted by atomic mass is 16.5. The average Bonchev–Trinajstić information content (AvgIpc) is 2.53. The summed E-state index contributed by atoms with van der Waals surface area (Å²) >= 11 is 0. The Balaban J connectivity index is 1.82. The average molecular weight is 303 g/mol. The van der Waals surface area contributed by atoms with Crippen LogP contribution in [0, 0.1) is 5.41 Å². The minimum Gasteiger partial charge on any atom is -0.481 e. The van der Waals surface area contributed by atoms with E-state index in [1.807, 2.05) is 24.3 Å². The van der Waals surface area contributed by atoms with Crippen molar-refractivity contribution in [2.24, 2.45) is 5.41 Å². The largest absolute Gasteiger partial charge is 0.481 e. The van der Waals surface area contributed by atoms with Gasteiger partial charge >= 0.3 is 5.97 Å². The number of carbonyl (C=O) groups is 2. The minimum atomic E-state index is -0.859. The first-order valence-electron chi connectivity index (χ1n) is 7.73. The van der Waals surface area contributed by atoms with Crippen LogP contribution in [0.2, 0.25) is 0 Å². The Labute approximate surface area is 129 Å². The fraction of sp³-hybridized carbons (Fsp3) is 0.529. The highest BCUT2D eigenvalue weighted by molar-refractivity contribution is 5.84. The second kappa shape index (κ2) is 5.72. The smallest absolute Gasteiger partial charge is 0.311 e. The number of ether oxygens (including phenoxy) is 1. The van der Waals surface area contributed by atoms with Gasteiger partial charge in [-0.3, -0.25) is 9.59 Å². The summed E-state index contributed by atoms with van der Waals surface area (Å²) < 4.78 is 5.71. The number of likely N-dealkylation sites (tertiary alicyclic amines) is 1. The van der Waals surface area contributed by atoms with Crippen LogP contribution in [-0.4, -0.2) is 41.6 Å². The number of piperidine rings is 1. The van der Waals surface area contributed by atoms with Gasteiger partial charge in [-0.15, -0.1) is 0 Å². The number of aliphatic carboxylic acids is 1. The molecule has 1 amide bonds. The van der Waals surface area contributed by atoms with E-state index in [1.165, 1.54) is 0 Å². The van der Waals surface area contributed by atoms with Crippen LogP contribution < -0.4 is 0 Å². The van der Waals surface area contributed by atoms with Crippen molar-refractivity contribution in [2.75, 3.05) is 19.7 Å². The van der Waals surface area contributed by atoms with Crippen molar-refractivity contribution in [1.29, 1.82) is 0 Å². The summed E-state index contributed by atoms with van der Waals surface area (Å²) in [6.07, 6.45) is 1.53. The molecule has 0 radical (unpaired) electrons. The van der Waals surface area contributed by atoms with Gasteiger partial charge in [-0.05, 0) is 37.3 Å². The lowest BCUT2D eigenvalue weighted by molar-refractivity contribution is -0.157. The molecule has 0 bridgehead atoms. The Bertz CT molecular complexity index is 600. The molecule has 1 N–H and O–H groups in total. The van der Waals surface area contributed by atoms with Gasteiger partial charge in [0, 0.05) is 13.1 Å². The van der Waals surface area contributed by atoms with Gasteiger partial charge in [-0.1, -0.05) is 24.3 Å². The highest BCUT2D eigenvalue weighted by Gasteiger charge is 2.41. The molecule has 5 heteroatoms. The first kappa shape index (κ1) is 15.0. The molecule has 3 rings (SSSR count). The fourth-order valence-corrected chi connectivity index (χ4v) is 3.37. The number of fused-ring (bicyclic) bond motifs is 1. The van der Waals surface area contributed by atoms with Gasteiger partial charge in [-0.2, -0.15) is 0 Å². The van der Waals surface area contributed by atoms with Crippen molar-refractivity contribution in [2.45, 2.75) is 32.3 Å². The Morgan fingerprint density at radius 2 is 2.14 bits per heavy atom. The second-order valence-electron chi connectivity index (χ2n) is 6.43. The molecule has 1 aromatic carbocycles. The van der Waals surface area contributed by atoms with E-state index in [-0.39, 0.29) is 12.5 Å². The van der Waals surface area contributed by atoms with E-state index in [2.05, 4.69) is 0 Å². The molecule has 2 unspecified atom stereocenters. The zero-order chi connectivity index (χ0) is 15.7. The standard InChI is InChI=1S/C17H21NO4/c1-17(16(20)21)8-4-9-18(11-17)15(19)14-13-6-3-2-5-12(13)7-10-22-14/h2-3,5-6,14H,4,7-11H2,1H3,(H,20,21). The molecule has 118 valence electrons.